The number of nitrogens with zero attached hydrogens (tertiary/aromatic N) is 4. The Bertz CT molecular complexity index is 1600. The molecule has 2 aliphatic heterocycles. The third-order valence-electron chi connectivity index (χ3n) is 8.37. The number of hydrogen-bond donors (Lipinski definition) is 1. The van der Waals surface area contributed by atoms with E-state index in [4.69, 9.17) is 52.0 Å². The molecule has 0 amide bonds. The average Bonchev–Trinajstić information content (AvgIpc) is 3.45. The first kappa shape index (κ1) is 28.4. The maximum Gasteiger partial charge on any atom is 0.174 e. The highest BCUT2D eigenvalue weighted by Gasteiger charge is 2.42. The normalized spacial score (nSPS) is 19.6. The second kappa shape index (κ2) is 11.5. The predicted octanol–water partition coefficient (Wildman–Crippen LogP) is 8.86. The zero-order chi connectivity index (χ0) is 28.8. The number of piperidine rings is 1. The van der Waals surface area contributed by atoms with Crippen LogP contribution in [0.4, 0.5) is 11.4 Å². The maximum absolute atomic E-state index is 6.97. The second-order valence-corrected chi connectivity index (χ2v) is 12.7. The lowest BCUT2D eigenvalue weighted by Gasteiger charge is -2.33. The number of aromatic nitrogens is 2. The van der Waals surface area contributed by atoms with Gasteiger partial charge in [-0.3, -0.25) is 4.98 Å². The van der Waals surface area contributed by atoms with Gasteiger partial charge < -0.3 is 19.7 Å². The summed E-state index contributed by atoms with van der Waals surface area (Å²) in [5, 5.41) is 6.14. The summed E-state index contributed by atoms with van der Waals surface area (Å²) in [6, 6.07) is 19.8. The second-order valence-electron chi connectivity index (χ2n) is 11.1. The molecule has 2 fully saturated rings. The SMILES string of the molecule is Cc1cc(C2C(c3ccccn3)NC(=S)N2c2ccc(N3CCC(C)CC3)c(Cl)c2)c(C)n1-c1ccc(Cl)cc1Cl. The molecule has 2 aromatic heterocycles. The van der Waals surface area contributed by atoms with Crippen molar-refractivity contribution in [2.75, 3.05) is 22.9 Å². The van der Waals surface area contributed by atoms with Crippen LogP contribution in [0.25, 0.3) is 5.69 Å². The van der Waals surface area contributed by atoms with Gasteiger partial charge in [0.15, 0.2) is 5.11 Å². The van der Waals surface area contributed by atoms with E-state index in [1.54, 1.807) is 6.07 Å². The van der Waals surface area contributed by atoms with Gasteiger partial charge in [0.25, 0.3) is 0 Å². The topological polar surface area (TPSA) is 36.3 Å². The van der Waals surface area contributed by atoms with Crippen molar-refractivity contribution in [3.05, 3.63) is 105 Å². The zero-order valence-electron chi connectivity index (χ0n) is 23.2. The summed E-state index contributed by atoms with van der Waals surface area (Å²) >= 11 is 25.9. The van der Waals surface area contributed by atoms with Gasteiger partial charge in [-0.15, -0.1) is 0 Å². The van der Waals surface area contributed by atoms with E-state index in [-0.39, 0.29) is 12.1 Å². The Morgan fingerprint density at radius 1 is 0.902 bits per heavy atom. The van der Waals surface area contributed by atoms with Crippen molar-refractivity contribution < 1.29 is 0 Å². The molecule has 9 heteroatoms. The molecule has 2 atom stereocenters. The first-order valence-electron chi connectivity index (χ1n) is 13.9. The number of aryl methyl sites for hydroxylation is 1. The Kier molecular flexibility index (Phi) is 7.94. The molecule has 2 aromatic carbocycles. The average molecular weight is 625 g/mol. The molecule has 0 radical (unpaired) electrons. The molecule has 4 heterocycles. The molecule has 1 N–H and O–H groups in total. The van der Waals surface area contributed by atoms with Crippen LogP contribution in [0.3, 0.4) is 0 Å². The van der Waals surface area contributed by atoms with Gasteiger partial charge in [0.2, 0.25) is 0 Å². The van der Waals surface area contributed by atoms with Crippen LogP contribution < -0.4 is 15.1 Å². The molecule has 41 heavy (non-hydrogen) atoms. The molecule has 2 aliphatic rings. The summed E-state index contributed by atoms with van der Waals surface area (Å²) in [5.74, 6) is 0.753. The lowest BCUT2D eigenvalue weighted by atomic mass is 9.96. The van der Waals surface area contributed by atoms with Gasteiger partial charge in [-0.25, -0.2) is 0 Å². The summed E-state index contributed by atoms with van der Waals surface area (Å²) in [4.78, 5) is 9.29. The van der Waals surface area contributed by atoms with Crippen molar-refractivity contribution in [1.29, 1.82) is 0 Å². The van der Waals surface area contributed by atoms with Gasteiger partial charge in [-0.2, -0.15) is 0 Å². The fraction of sp³-hybridized carbons (Fsp3) is 0.312. The van der Waals surface area contributed by atoms with Crippen LogP contribution in [0.2, 0.25) is 15.1 Å². The first-order valence-corrected chi connectivity index (χ1v) is 15.5. The van der Waals surface area contributed by atoms with Crippen LogP contribution in [0.15, 0.2) is 66.9 Å². The minimum Gasteiger partial charge on any atom is -0.370 e. The van der Waals surface area contributed by atoms with Crippen LogP contribution in [0.1, 0.15) is 54.5 Å². The van der Waals surface area contributed by atoms with Crippen molar-refractivity contribution in [2.45, 2.75) is 45.7 Å². The Morgan fingerprint density at radius 3 is 2.32 bits per heavy atom. The molecular formula is C32H32Cl3N5S. The van der Waals surface area contributed by atoms with Crippen molar-refractivity contribution in [3.8, 4) is 5.69 Å². The Morgan fingerprint density at radius 2 is 1.63 bits per heavy atom. The minimum atomic E-state index is -0.166. The molecule has 2 unspecified atom stereocenters. The third-order valence-corrected chi connectivity index (χ3v) is 9.53. The van der Waals surface area contributed by atoms with Crippen LogP contribution >= 0.6 is 47.0 Å². The number of rotatable bonds is 5. The summed E-state index contributed by atoms with van der Waals surface area (Å²) in [6.07, 6.45) is 4.18. The predicted molar refractivity (Wildman–Crippen MR) is 175 cm³/mol. The quantitative estimate of drug-likeness (QED) is 0.225. The van der Waals surface area contributed by atoms with Crippen molar-refractivity contribution in [2.24, 2.45) is 5.92 Å². The smallest absolute Gasteiger partial charge is 0.174 e. The monoisotopic (exact) mass is 623 g/mol. The molecule has 5 nitrogen and oxygen atoms in total. The molecule has 0 bridgehead atoms. The van der Waals surface area contributed by atoms with E-state index < -0.39 is 0 Å². The van der Waals surface area contributed by atoms with Gasteiger partial charge in [-0.05, 0) is 105 Å². The number of halogens is 3. The standard InChI is InChI=1S/C32H32Cl3N5S/c1-19-11-14-38(15-12-19)28-10-8-23(18-26(28)35)40-31(30(37-32(40)41)27-6-4-5-13-36-27)24-16-20(2)39(21(24)3)29-9-7-22(33)17-25(29)34/h4-10,13,16-19,30-31H,11-12,14-15H2,1-3H3,(H,37,41). The van der Waals surface area contributed by atoms with Gasteiger partial charge in [-0.1, -0.05) is 47.8 Å². The van der Waals surface area contributed by atoms with Gasteiger partial charge in [0.05, 0.1) is 39.2 Å². The Balaban J connectivity index is 1.45. The number of hydrogen-bond acceptors (Lipinski definition) is 3. The molecule has 0 saturated carbocycles. The van der Waals surface area contributed by atoms with E-state index in [2.05, 4.69) is 58.7 Å². The van der Waals surface area contributed by atoms with Gasteiger partial charge >= 0.3 is 0 Å². The first-order chi connectivity index (χ1) is 19.7. The Hall–Kier alpha value is -2.77. The zero-order valence-corrected chi connectivity index (χ0v) is 26.3. The van der Waals surface area contributed by atoms with Crippen LogP contribution in [-0.4, -0.2) is 27.8 Å². The highest BCUT2D eigenvalue weighted by molar-refractivity contribution is 7.80. The molecule has 6 rings (SSSR count). The minimum absolute atomic E-state index is 0.166. The van der Waals surface area contributed by atoms with E-state index in [9.17, 15) is 0 Å². The van der Waals surface area contributed by atoms with E-state index in [1.165, 1.54) is 12.8 Å². The third kappa shape index (κ3) is 5.32. The number of benzene rings is 2. The lowest BCUT2D eigenvalue weighted by molar-refractivity contribution is 0.438. The highest BCUT2D eigenvalue weighted by atomic mass is 35.5. The summed E-state index contributed by atoms with van der Waals surface area (Å²) < 4.78 is 2.18. The van der Waals surface area contributed by atoms with Gasteiger partial charge in [0.1, 0.15) is 0 Å². The maximum atomic E-state index is 6.97. The number of pyridine rings is 1. The summed E-state index contributed by atoms with van der Waals surface area (Å²) in [6.45, 7) is 8.57. The Labute approximate surface area is 262 Å². The number of nitrogens with one attached hydrogen (secondary N) is 1. The van der Waals surface area contributed by atoms with Crippen molar-refractivity contribution >= 4 is 63.5 Å². The van der Waals surface area contributed by atoms with Gasteiger partial charge in [0, 0.05) is 41.4 Å². The van der Waals surface area contributed by atoms with Crippen molar-refractivity contribution in [3.63, 3.8) is 0 Å². The number of anilines is 2. The lowest BCUT2D eigenvalue weighted by Crippen LogP contribution is -2.33. The largest absolute Gasteiger partial charge is 0.370 e. The number of thiocarbonyl (C=S) groups is 1. The van der Waals surface area contributed by atoms with E-state index in [0.717, 1.165) is 63.7 Å². The van der Waals surface area contributed by atoms with E-state index in [0.29, 0.717) is 15.2 Å². The fourth-order valence-corrected chi connectivity index (χ4v) is 7.35. The van der Waals surface area contributed by atoms with Crippen molar-refractivity contribution in [1.82, 2.24) is 14.9 Å². The summed E-state index contributed by atoms with van der Waals surface area (Å²) in [7, 11) is 0. The van der Waals surface area contributed by atoms with Crippen LogP contribution in [-0.2, 0) is 0 Å². The molecule has 2 saturated heterocycles. The molecular weight excluding hydrogens is 593 g/mol. The molecule has 4 aromatic rings. The fourth-order valence-electron chi connectivity index (χ4n) is 6.22. The molecule has 0 aliphatic carbocycles. The molecule has 0 spiro atoms. The van der Waals surface area contributed by atoms with E-state index in [1.807, 2.05) is 42.6 Å². The molecule has 212 valence electrons. The van der Waals surface area contributed by atoms with Crippen LogP contribution in [0, 0.1) is 19.8 Å². The van der Waals surface area contributed by atoms with Crippen LogP contribution in [0.5, 0.6) is 0 Å². The summed E-state index contributed by atoms with van der Waals surface area (Å²) in [5.41, 5.74) is 7.08. The van der Waals surface area contributed by atoms with E-state index >= 15 is 0 Å². The highest BCUT2D eigenvalue weighted by Crippen LogP contribution is 2.45.